The summed E-state index contributed by atoms with van der Waals surface area (Å²) in [5, 5.41) is 7.84. The molecule has 1 aromatic heterocycles. The van der Waals surface area contributed by atoms with Crippen LogP contribution in [0.4, 0.5) is 0 Å². The van der Waals surface area contributed by atoms with Crippen LogP contribution in [-0.4, -0.2) is 21.7 Å². The lowest BCUT2D eigenvalue weighted by molar-refractivity contribution is 0.0930. The van der Waals surface area contributed by atoms with Crippen molar-refractivity contribution in [3.63, 3.8) is 0 Å². The Balaban J connectivity index is 1.88. The summed E-state index contributed by atoms with van der Waals surface area (Å²) in [7, 11) is 0. The van der Waals surface area contributed by atoms with E-state index in [-0.39, 0.29) is 11.9 Å². The quantitative estimate of drug-likeness (QED) is 0.558. The maximum absolute atomic E-state index is 13.0. The number of benzene rings is 2. The summed E-state index contributed by atoms with van der Waals surface area (Å²) in [5.41, 5.74) is 3.23. The largest absolute Gasteiger partial charge is 0.348 e. The average Bonchev–Trinajstić information content (AvgIpc) is 3.15. The van der Waals surface area contributed by atoms with Crippen molar-refractivity contribution >= 4 is 5.91 Å². The predicted octanol–water partition coefficient (Wildman–Crippen LogP) is 5.24. The number of amides is 1. The number of nitrogens with zero attached hydrogens (tertiary/aromatic N) is 2. The maximum atomic E-state index is 13.0. The first-order valence-electron chi connectivity index (χ1n) is 9.71. The molecular formula is C23H27N3O. The van der Waals surface area contributed by atoms with E-state index in [9.17, 15) is 4.79 Å². The summed E-state index contributed by atoms with van der Waals surface area (Å²) in [6.07, 6.45) is 4.50. The number of unbranched alkanes of at least 4 members (excludes halogenated alkanes) is 2. The van der Waals surface area contributed by atoms with Crippen molar-refractivity contribution in [2.24, 2.45) is 0 Å². The Morgan fingerprint density at radius 3 is 2.37 bits per heavy atom. The molecule has 1 atom stereocenters. The zero-order valence-electron chi connectivity index (χ0n) is 16.1. The number of aromatic nitrogens is 2. The van der Waals surface area contributed by atoms with Gasteiger partial charge in [0.05, 0.1) is 11.4 Å². The van der Waals surface area contributed by atoms with E-state index in [2.05, 4.69) is 19.2 Å². The SMILES string of the molecule is CCCCC[C@@H](C)NC(=O)c1cc(-c2ccccc2)nn1-c1ccccc1. The van der Waals surface area contributed by atoms with Crippen LogP contribution < -0.4 is 5.32 Å². The second-order valence-corrected chi connectivity index (χ2v) is 6.90. The summed E-state index contributed by atoms with van der Waals surface area (Å²) in [6, 6.07) is 21.7. The highest BCUT2D eigenvalue weighted by Crippen LogP contribution is 2.21. The molecule has 0 radical (unpaired) electrons. The molecule has 3 aromatic rings. The minimum atomic E-state index is -0.0856. The fourth-order valence-electron chi connectivity index (χ4n) is 3.13. The standard InChI is InChI=1S/C23H27N3O/c1-3-4-7-12-18(2)24-23(27)22-17-21(19-13-8-5-9-14-19)25-26(22)20-15-10-6-11-16-20/h5-6,8-11,13-18H,3-4,7,12H2,1-2H3,(H,24,27)/t18-/m1/s1. The summed E-state index contributed by atoms with van der Waals surface area (Å²) >= 11 is 0. The first kappa shape index (κ1) is 18.9. The Kier molecular flexibility index (Phi) is 6.42. The van der Waals surface area contributed by atoms with Gasteiger partial charge in [-0.05, 0) is 31.5 Å². The van der Waals surface area contributed by atoms with E-state index in [1.807, 2.05) is 66.7 Å². The van der Waals surface area contributed by atoms with Crippen LogP contribution in [0.25, 0.3) is 16.9 Å². The lowest BCUT2D eigenvalue weighted by Gasteiger charge is -2.14. The normalized spacial score (nSPS) is 11.9. The van der Waals surface area contributed by atoms with E-state index < -0.39 is 0 Å². The number of nitrogens with one attached hydrogen (secondary N) is 1. The van der Waals surface area contributed by atoms with Crippen LogP contribution in [0.2, 0.25) is 0 Å². The third-order valence-corrected chi connectivity index (χ3v) is 4.63. The second-order valence-electron chi connectivity index (χ2n) is 6.90. The predicted molar refractivity (Wildman–Crippen MR) is 110 cm³/mol. The number of carbonyl (C=O) groups is 1. The monoisotopic (exact) mass is 361 g/mol. The van der Waals surface area contributed by atoms with E-state index in [0.717, 1.165) is 29.8 Å². The number of hydrogen-bond donors (Lipinski definition) is 1. The molecule has 0 aliphatic rings. The van der Waals surface area contributed by atoms with Gasteiger partial charge in [-0.1, -0.05) is 74.7 Å². The smallest absolute Gasteiger partial charge is 0.270 e. The molecular weight excluding hydrogens is 334 g/mol. The third kappa shape index (κ3) is 4.85. The van der Waals surface area contributed by atoms with Gasteiger partial charge in [0.1, 0.15) is 5.69 Å². The fourth-order valence-corrected chi connectivity index (χ4v) is 3.13. The zero-order chi connectivity index (χ0) is 19.1. The molecule has 0 spiro atoms. The molecule has 1 heterocycles. The molecule has 0 aliphatic carbocycles. The molecule has 1 N–H and O–H groups in total. The summed E-state index contributed by atoms with van der Waals surface area (Å²) in [6.45, 7) is 4.25. The number of para-hydroxylation sites is 1. The van der Waals surface area contributed by atoms with Crippen molar-refractivity contribution < 1.29 is 4.79 Å². The van der Waals surface area contributed by atoms with Crippen LogP contribution in [0.15, 0.2) is 66.7 Å². The maximum Gasteiger partial charge on any atom is 0.270 e. The van der Waals surface area contributed by atoms with Crippen molar-refractivity contribution in [2.45, 2.75) is 45.6 Å². The summed E-state index contributed by atoms with van der Waals surface area (Å²) in [4.78, 5) is 13.0. The Bertz CT molecular complexity index is 856. The van der Waals surface area contributed by atoms with Gasteiger partial charge in [-0.25, -0.2) is 4.68 Å². The van der Waals surface area contributed by atoms with Gasteiger partial charge in [-0.3, -0.25) is 4.79 Å². The van der Waals surface area contributed by atoms with Gasteiger partial charge in [0.2, 0.25) is 0 Å². The molecule has 0 unspecified atom stereocenters. The van der Waals surface area contributed by atoms with Crippen LogP contribution in [0.5, 0.6) is 0 Å². The first-order valence-corrected chi connectivity index (χ1v) is 9.71. The number of rotatable bonds is 8. The van der Waals surface area contributed by atoms with Crippen LogP contribution >= 0.6 is 0 Å². The Hall–Kier alpha value is -2.88. The third-order valence-electron chi connectivity index (χ3n) is 4.63. The molecule has 0 aliphatic heterocycles. The zero-order valence-corrected chi connectivity index (χ0v) is 16.1. The molecule has 0 fully saturated rings. The highest BCUT2D eigenvalue weighted by molar-refractivity contribution is 5.94. The molecule has 2 aromatic carbocycles. The van der Waals surface area contributed by atoms with Crippen molar-refractivity contribution in [3.8, 4) is 16.9 Å². The topological polar surface area (TPSA) is 46.9 Å². The van der Waals surface area contributed by atoms with E-state index in [4.69, 9.17) is 5.10 Å². The minimum Gasteiger partial charge on any atom is -0.348 e. The van der Waals surface area contributed by atoms with Gasteiger partial charge < -0.3 is 5.32 Å². The molecule has 4 heteroatoms. The fraction of sp³-hybridized carbons (Fsp3) is 0.304. The Labute approximate surface area is 161 Å². The molecule has 0 bridgehead atoms. The van der Waals surface area contributed by atoms with Gasteiger partial charge in [0, 0.05) is 11.6 Å². The lowest BCUT2D eigenvalue weighted by Crippen LogP contribution is -2.33. The van der Waals surface area contributed by atoms with E-state index >= 15 is 0 Å². The van der Waals surface area contributed by atoms with Crippen LogP contribution in [0.1, 0.15) is 50.0 Å². The molecule has 1 amide bonds. The van der Waals surface area contributed by atoms with Crippen molar-refractivity contribution in [1.82, 2.24) is 15.1 Å². The van der Waals surface area contributed by atoms with Gasteiger partial charge in [-0.2, -0.15) is 5.10 Å². The minimum absolute atomic E-state index is 0.0856. The van der Waals surface area contributed by atoms with Gasteiger partial charge in [0.15, 0.2) is 0 Å². The van der Waals surface area contributed by atoms with Crippen molar-refractivity contribution in [3.05, 3.63) is 72.4 Å². The van der Waals surface area contributed by atoms with Crippen molar-refractivity contribution in [1.29, 1.82) is 0 Å². The lowest BCUT2D eigenvalue weighted by atomic mass is 10.1. The molecule has 0 saturated carbocycles. The number of hydrogen-bond acceptors (Lipinski definition) is 2. The molecule has 0 saturated heterocycles. The average molecular weight is 361 g/mol. The molecule has 27 heavy (non-hydrogen) atoms. The first-order chi connectivity index (χ1) is 13.2. The Morgan fingerprint density at radius 2 is 1.70 bits per heavy atom. The van der Waals surface area contributed by atoms with Crippen LogP contribution in [0, 0.1) is 0 Å². The summed E-state index contributed by atoms with van der Waals surface area (Å²) < 4.78 is 1.73. The summed E-state index contributed by atoms with van der Waals surface area (Å²) in [5.74, 6) is -0.0856. The highest BCUT2D eigenvalue weighted by Gasteiger charge is 2.19. The van der Waals surface area contributed by atoms with E-state index in [0.29, 0.717) is 5.69 Å². The second kappa shape index (κ2) is 9.17. The van der Waals surface area contributed by atoms with Crippen molar-refractivity contribution in [2.75, 3.05) is 0 Å². The molecule has 4 nitrogen and oxygen atoms in total. The van der Waals surface area contributed by atoms with Gasteiger partial charge >= 0.3 is 0 Å². The van der Waals surface area contributed by atoms with Crippen LogP contribution in [0.3, 0.4) is 0 Å². The molecule has 140 valence electrons. The van der Waals surface area contributed by atoms with Gasteiger partial charge in [0.25, 0.3) is 5.91 Å². The van der Waals surface area contributed by atoms with E-state index in [1.54, 1.807) is 4.68 Å². The van der Waals surface area contributed by atoms with E-state index in [1.165, 1.54) is 12.8 Å². The highest BCUT2D eigenvalue weighted by atomic mass is 16.2. The molecule has 3 rings (SSSR count). The van der Waals surface area contributed by atoms with Crippen LogP contribution in [-0.2, 0) is 0 Å². The number of carbonyl (C=O) groups excluding carboxylic acids is 1. The van der Waals surface area contributed by atoms with Gasteiger partial charge in [-0.15, -0.1) is 0 Å². The Morgan fingerprint density at radius 1 is 1.04 bits per heavy atom.